The summed E-state index contributed by atoms with van der Waals surface area (Å²) in [6.07, 6.45) is 0. The topological polar surface area (TPSA) is 48.5 Å². The first-order chi connectivity index (χ1) is 34.7. The Kier molecular flexibility index (Phi) is 9.14. The van der Waals surface area contributed by atoms with Crippen molar-refractivity contribution in [3.63, 3.8) is 0 Å². The molecule has 14 rings (SSSR count). The Morgan fingerprint density at radius 1 is 0.229 bits per heavy atom. The molecule has 0 aliphatic rings. The molecule has 0 aliphatic heterocycles. The van der Waals surface area contributed by atoms with Crippen molar-refractivity contribution >= 4 is 65.2 Å². The Labute approximate surface area is 403 Å². The summed E-state index contributed by atoms with van der Waals surface area (Å²) in [5.41, 5.74) is 14.2. The van der Waals surface area contributed by atoms with Crippen LogP contribution in [0.25, 0.3) is 133 Å². The van der Waals surface area contributed by atoms with Gasteiger partial charge in [-0.1, -0.05) is 200 Å². The van der Waals surface area contributed by atoms with Gasteiger partial charge >= 0.3 is 0 Å². The zero-order chi connectivity index (χ0) is 46.1. The molecule has 0 spiro atoms. The van der Waals surface area contributed by atoms with Crippen LogP contribution in [0.2, 0.25) is 0 Å². The Morgan fingerprint density at radius 2 is 0.657 bits per heavy atom. The minimum absolute atomic E-state index is 0.615. The van der Waals surface area contributed by atoms with Crippen molar-refractivity contribution in [2.24, 2.45) is 0 Å². The van der Waals surface area contributed by atoms with Crippen LogP contribution in [0, 0.1) is 0 Å². The van der Waals surface area contributed by atoms with Crippen LogP contribution in [-0.4, -0.2) is 24.1 Å². The van der Waals surface area contributed by atoms with Crippen molar-refractivity contribution in [1.82, 2.24) is 24.1 Å². The molecule has 3 aromatic heterocycles. The molecule has 0 unspecified atom stereocenters. The highest BCUT2D eigenvalue weighted by Gasteiger charge is 2.25. The van der Waals surface area contributed by atoms with Gasteiger partial charge in [0.1, 0.15) is 0 Å². The van der Waals surface area contributed by atoms with Gasteiger partial charge in [0.2, 0.25) is 0 Å². The Balaban J connectivity index is 1.08. The lowest BCUT2D eigenvalue weighted by molar-refractivity contribution is 1.07. The second kappa shape index (κ2) is 16.1. The van der Waals surface area contributed by atoms with Gasteiger partial charge in [-0.3, -0.25) is 0 Å². The smallest absolute Gasteiger partial charge is 0.164 e. The SMILES string of the molecule is c1ccc(-c2cc(-c3ccccc3)cc(-n3c4ccccc4c4c5c6c7ccccc7c7ccccc7c6n(-c6cccc(-c7nc(-c8ccccc8)nc(-c8ccccc8)n7)c6)c5ccc43)c2)cc1. The fourth-order valence-electron chi connectivity index (χ4n) is 10.8. The van der Waals surface area contributed by atoms with Crippen LogP contribution < -0.4 is 0 Å². The van der Waals surface area contributed by atoms with Crippen molar-refractivity contribution in [3.8, 4) is 67.8 Å². The number of nitrogens with zero attached hydrogens (tertiary/aromatic N) is 5. The zero-order valence-electron chi connectivity index (χ0n) is 37.9. The Hall–Kier alpha value is -9.45. The van der Waals surface area contributed by atoms with Crippen molar-refractivity contribution in [2.45, 2.75) is 0 Å². The molecule has 0 radical (unpaired) electrons. The summed E-state index contributed by atoms with van der Waals surface area (Å²) in [6.45, 7) is 0. The lowest BCUT2D eigenvalue weighted by atomic mass is 9.95. The Bertz CT molecular complexity index is 4210. The standard InChI is InChI=1S/C65H41N5/c1-5-20-42(21-6-1)47-38-48(43-22-7-2-8-23-43)41-50(40-47)69-56-35-18-17-34-55(56)59-57(69)36-37-58-61(59)60-53-32-15-13-30-51(53)52-31-14-16-33-54(52)62(60)70(58)49-29-19-28-46(39-49)65-67-63(44-24-9-3-10-25-44)66-64(68-65)45-26-11-4-12-27-45/h1-41H. The molecule has 0 saturated carbocycles. The van der Waals surface area contributed by atoms with Crippen LogP contribution in [0.5, 0.6) is 0 Å². The summed E-state index contributed by atoms with van der Waals surface area (Å²) in [6, 6.07) is 88.9. The normalized spacial score (nSPS) is 11.7. The molecule has 0 aliphatic carbocycles. The van der Waals surface area contributed by atoms with E-state index in [1.807, 2.05) is 36.4 Å². The highest BCUT2D eigenvalue weighted by molar-refractivity contribution is 6.38. The number of fused-ring (bicyclic) bond motifs is 12. The second-order valence-electron chi connectivity index (χ2n) is 17.9. The first-order valence-corrected chi connectivity index (χ1v) is 23.8. The quantitative estimate of drug-likeness (QED) is 0.150. The van der Waals surface area contributed by atoms with Gasteiger partial charge in [0, 0.05) is 55.0 Å². The molecule has 0 amide bonds. The van der Waals surface area contributed by atoms with E-state index in [9.17, 15) is 0 Å². The van der Waals surface area contributed by atoms with Gasteiger partial charge < -0.3 is 9.13 Å². The molecule has 5 nitrogen and oxygen atoms in total. The summed E-state index contributed by atoms with van der Waals surface area (Å²) in [5.74, 6) is 1.88. The molecule has 11 aromatic carbocycles. The molecule has 0 N–H and O–H groups in total. The number of hydrogen-bond acceptors (Lipinski definition) is 3. The van der Waals surface area contributed by atoms with Gasteiger partial charge in [-0.2, -0.15) is 0 Å². The largest absolute Gasteiger partial charge is 0.309 e. The molecule has 14 aromatic rings. The third kappa shape index (κ3) is 6.36. The zero-order valence-corrected chi connectivity index (χ0v) is 37.9. The van der Waals surface area contributed by atoms with E-state index < -0.39 is 0 Å². The molecule has 326 valence electrons. The van der Waals surface area contributed by atoms with E-state index in [4.69, 9.17) is 15.0 Å². The maximum atomic E-state index is 5.16. The van der Waals surface area contributed by atoms with Crippen LogP contribution in [0.4, 0.5) is 0 Å². The van der Waals surface area contributed by atoms with E-state index in [1.165, 1.54) is 65.3 Å². The third-order valence-corrected chi connectivity index (χ3v) is 13.9. The van der Waals surface area contributed by atoms with E-state index in [1.54, 1.807) is 0 Å². The van der Waals surface area contributed by atoms with E-state index in [0.29, 0.717) is 17.5 Å². The maximum absolute atomic E-state index is 5.16. The van der Waals surface area contributed by atoms with Crippen molar-refractivity contribution in [2.75, 3.05) is 0 Å². The molecule has 0 atom stereocenters. The lowest BCUT2D eigenvalue weighted by Crippen LogP contribution is -2.01. The van der Waals surface area contributed by atoms with Crippen LogP contribution in [-0.2, 0) is 0 Å². The molecule has 70 heavy (non-hydrogen) atoms. The second-order valence-corrected chi connectivity index (χ2v) is 17.9. The summed E-state index contributed by atoms with van der Waals surface area (Å²) >= 11 is 0. The van der Waals surface area contributed by atoms with Crippen LogP contribution in [0.15, 0.2) is 249 Å². The average Bonchev–Trinajstić information content (AvgIpc) is 3.98. The molecule has 5 heteroatoms. The van der Waals surface area contributed by atoms with Gasteiger partial charge in [-0.05, 0) is 86.9 Å². The number of aromatic nitrogens is 5. The molecule has 0 saturated heterocycles. The van der Waals surface area contributed by atoms with Crippen molar-refractivity contribution in [3.05, 3.63) is 249 Å². The van der Waals surface area contributed by atoms with E-state index in [-0.39, 0.29) is 0 Å². The fourth-order valence-corrected chi connectivity index (χ4v) is 10.8. The number of para-hydroxylation sites is 1. The number of hydrogen-bond donors (Lipinski definition) is 0. The highest BCUT2D eigenvalue weighted by atomic mass is 15.0. The van der Waals surface area contributed by atoms with E-state index in [2.05, 4.69) is 221 Å². The minimum atomic E-state index is 0.615. The molecule has 0 bridgehead atoms. The predicted octanol–water partition coefficient (Wildman–Crippen LogP) is 16.7. The van der Waals surface area contributed by atoms with E-state index >= 15 is 0 Å². The summed E-state index contributed by atoms with van der Waals surface area (Å²) in [7, 11) is 0. The first-order valence-electron chi connectivity index (χ1n) is 23.8. The summed E-state index contributed by atoms with van der Waals surface area (Å²) in [4.78, 5) is 15.3. The maximum Gasteiger partial charge on any atom is 0.164 e. The van der Waals surface area contributed by atoms with Gasteiger partial charge in [0.05, 0.1) is 22.1 Å². The highest BCUT2D eigenvalue weighted by Crippen LogP contribution is 2.48. The number of benzene rings is 11. The van der Waals surface area contributed by atoms with Crippen LogP contribution in [0.3, 0.4) is 0 Å². The minimum Gasteiger partial charge on any atom is -0.309 e. The van der Waals surface area contributed by atoms with Crippen LogP contribution >= 0.6 is 0 Å². The van der Waals surface area contributed by atoms with Crippen molar-refractivity contribution in [1.29, 1.82) is 0 Å². The molecular formula is C65H41N5. The molecule has 3 heterocycles. The summed E-state index contributed by atoms with van der Waals surface area (Å²) in [5, 5.41) is 9.72. The molecular weight excluding hydrogens is 851 g/mol. The number of rotatable bonds is 7. The Morgan fingerprint density at radius 3 is 1.24 bits per heavy atom. The third-order valence-electron chi connectivity index (χ3n) is 13.9. The lowest BCUT2D eigenvalue weighted by Gasteiger charge is -2.14. The van der Waals surface area contributed by atoms with Gasteiger partial charge in [-0.25, -0.2) is 15.0 Å². The van der Waals surface area contributed by atoms with Crippen molar-refractivity contribution < 1.29 is 0 Å². The monoisotopic (exact) mass is 891 g/mol. The van der Waals surface area contributed by atoms with Gasteiger partial charge in [0.25, 0.3) is 0 Å². The average molecular weight is 892 g/mol. The molecule has 0 fully saturated rings. The van der Waals surface area contributed by atoms with Gasteiger partial charge in [-0.15, -0.1) is 0 Å². The summed E-state index contributed by atoms with van der Waals surface area (Å²) < 4.78 is 4.96. The first kappa shape index (κ1) is 39.7. The van der Waals surface area contributed by atoms with Gasteiger partial charge in [0.15, 0.2) is 17.5 Å². The van der Waals surface area contributed by atoms with E-state index in [0.717, 1.165) is 50.1 Å². The predicted molar refractivity (Wildman–Crippen MR) is 291 cm³/mol. The fraction of sp³-hybridized carbons (Fsp3) is 0. The van der Waals surface area contributed by atoms with Crippen LogP contribution in [0.1, 0.15) is 0 Å².